The summed E-state index contributed by atoms with van der Waals surface area (Å²) < 4.78 is 16.2. The number of carbonyl (C=O) groups excluding carboxylic acids is 1. The van der Waals surface area contributed by atoms with Crippen LogP contribution >= 0.6 is 0 Å². The first-order valence-electron chi connectivity index (χ1n) is 7.67. The normalized spacial score (nSPS) is 10.5. The minimum Gasteiger partial charge on any atom is -0.493 e. The van der Waals surface area contributed by atoms with Gasteiger partial charge in [0.2, 0.25) is 5.75 Å². The van der Waals surface area contributed by atoms with Gasteiger partial charge in [-0.15, -0.1) is 0 Å². The molecule has 3 rings (SSSR count). The molecule has 1 amide bonds. The first-order chi connectivity index (χ1) is 12.2. The maximum Gasteiger partial charge on any atom is 0.253 e. The van der Waals surface area contributed by atoms with E-state index in [1.165, 1.54) is 14.2 Å². The number of amides is 1. The van der Waals surface area contributed by atoms with Crippen LogP contribution < -0.4 is 19.5 Å². The Morgan fingerprint density at radius 3 is 2.60 bits per heavy atom. The van der Waals surface area contributed by atoms with Crippen LogP contribution in [-0.4, -0.2) is 37.2 Å². The van der Waals surface area contributed by atoms with Gasteiger partial charge in [0.05, 0.1) is 50.0 Å². The smallest absolute Gasteiger partial charge is 0.253 e. The standard InChI is InChI=1S/C18H19N3O4/c1-23-14-8-13-15(17(25-3)16(14)24-2)12(10-20-13)18(22)21-9-11-6-4-5-7-19-11/h4-8,10,20H,9H2,1-3H3,(H,21,22). The van der Waals surface area contributed by atoms with E-state index in [1.807, 2.05) is 18.2 Å². The molecule has 130 valence electrons. The molecule has 3 aromatic rings. The van der Waals surface area contributed by atoms with Crippen molar-refractivity contribution in [1.29, 1.82) is 0 Å². The molecule has 0 saturated heterocycles. The topological polar surface area (TPSA) is 85.5 Å². The summed E-state index contributed by atoms with van der Waals surface area (Å²) in [5.41, 5.74) is 1.96. The van der Waals surface area contributed by atoms with Crippen LogP contribution in [0.4, 0.5) is 0 Å². The summed E-state index contributed by atoms with van der Waals surface area (Å²) in [5, 5.41) is 3.50. The van der Waals surface area contributed by atoms with Crippen LogP contribution in [0.15, 0.2) is 36.7 Å². The maximum atomic E-state index is 12.6. The summed E-state index contributed by atoms with van der Waals surface area (Å²) in [6, 6.07) is 7.33. The monoisotopic (exact) mass is 341 g/mol. The van der Waals surface area contributed by atoms with Gasteiger partial charge in [0.1, 0.15) is 0 Å². The average Bonchev–Trinajstić information content (AvgIpc) is 3.08. The van der Waals surface area contributed by atoms with E-state index in [9.17, 15) is 4.79 Å². The van der Waals surface area contributed by atoms with Crippen LogP contribution in [0.25, 0.3) is 10.9 Å². The lowest BCUT2D eigenvalue weighted by Crippen LogP contribution is -2.23. The minimum atomic E-state index is -0.234. The minimum absolute atomic E-state index is 0.234. The zero-order valence-corrected chi connectivity index (χ0v) is 14.3. The molecule has 2 heterocycles. The third kappa shape index (κ3) is 3.08. The number of rotatable bonds is 6. The first-order valence-corrected chi connectivity index (χ1v) is 7.67. The Labute approximate surface area is 144 Å². The van der Waals surface area contributed by atoms with E-state index in [-0.39, 0.29) is 5.91 Å². The van der Waals surface area contributed by atoms with Crippen LogP contribution in [0.1, 0.15) is 16.1 Å². The van der Waals surface area contributed by atoms with Gasteiger partial charge < -0.3 is 24.5 Å². The van der Waals surface area contributed by atoms with Gasteiger partial charge >= 0.3 is 0 Å². The van der Waals surface area contributed by atoms with E-state index in [2.05, 4.69) is 15.3 Å². The number of benzene rings is 1. The lowest BCUT2D eigenvalue weighted by Gasteiger charge is -2.14. The van der Waals surface area contributed by atoms with E-state index in [0.29, 0.717) is 34.7 Å². The second kappa shape index (κ2) is 7.12. The zero-order chi connectivity index (χ0) is 17.8. The van der Waals surface area contributed by atoms with Crippen molar-refractivity contribution in [2.24, 2.45) is 0 Å². The van der Waals surface area contributed by atoms with Gasteiger partial charge in [-0.3, -0.25) is 9.78 Å². The van der Waals surface area contributed by atoms with Gasteiger partial charge in [-0.1, -0.05) is 6.07 Å². The molecular weight excluding hydrogens is 322 g/mol. The molecule has 0 aliphatic carbocycles. The summed E-state index contributed by atoms with van der Waals surface area (Å²) in [6.07, 6.45) is 3.33. The molecule has 0 atom stereocenters. The van der Waals surface area contributed by atoms with Crippen LogP contribution in [0, 0.1) is 0 Å². The first kappa shape index (κ1) is 16.6. The fourth-order valence-corrected chi connectivity index (χ4v) is 2.71. The number of aromatic nitrogens is 2. The predicted octanol–water partition coefficient (Wildman–Crippen LogP) is 2.52. The Balaban J connectivity index is 1.97. The predicted molar refractivity (Wildman–Crippen MR) is 93.4 cm³/mol. The Morgan fingerprint density at radius 2 is 1.96 bits per heavy atom. The molecule has 25 heavy (non-hydrogen) atoms. The molecule has 2 aromatic heterocycles. The third-order valence-corrected chi connectivity index (χ3v) is 3.87. The van der Waals surface area contributed by atoms with Gasteiger partial charge in [-0.25, -0.2) is 0 Å². The fourth-order valence-electron chi connectivity index (χ4n) is 2.71. The van der Waals surface area contributed by atoms with Crippen molar-refractivity contribution in [1.82, 2.24) is 15.3 Å². The second-order valence-electron chi connectivity index (χ2n) is 5.27. The molecule has 0 saturated carbocycles. The number of hydrogen-bond donors (Lipinski definition) is 2. The lowest BCUT2D eigenvalue weighted by atomic mass is 10.1. The van der Waals surface area contributed by atoms with Gasteiger partial charge in [0.15, 0.2) is 11.5 Å². The van der Waals surface area contributed by atoms with Crippen LogP contribution in [-0.2, 0) is 6.54 Å². The molecule has 0 spiro atoms. The Bertz CT molecular complexity index is 890. The number of nitrogens with zero attached hydrogens (tertiary/aromatic N) is 1. The number of aromatic amines is 1. The molecule has 0 bridgehead atoms. The Hall–Kier alpha value is -3.22. The summed E-state index contributed by atoms with van der Waals surface area (Å²) >= 11 is 0. The van der Waals surface area contributed by atoms with Crippen LogP contribution in [0.5, 0.6) is 17.2 Å². The number of nitrogens with one attached hydrogen (secondary N) is 2. The highest BCUT2D eigenvalue weighted by molar-refractivity contribution is 6.10. The van der Waals surface area contributed by atoms with Crippen molar-refractivity contribution in [2.45, 2.75) is 6.54 Å². The number of ether oxygens (including phenoxy) is 3. The molecule has 0 unspecified atom stereocenters. The Morgan fingerprint density at radius 1 is 1.16 bits per heavy atom. The van der Waals surface area contributed by atoms with Crippen LogP contribution in [0.2, 0.25) is 0 Å². The number of pyridine rings is 1. The van der Waals surface area contributed by atoms with Crippen molar-refractivity contribution in [2.75, 3.05) is 21.3 Å². The Kier molecular flexibility index (Phi) is 4.74. The lowest BCUT2D eigenvalue weighted by molar-refractivity contribution is 0.0952. The van der Waals surface area contributed by atoms with Gasteiger partial charge in [0, 0.05) is 18.5 Å². The highest BCUT2D eigenvalue weighted by Crippen LogP contribution is 2.44. The van der Waals surface area contributed by atoms with E-state index >= 15 is 0 Å². The van der Waals surface area contributed by atoms with Crippen molar-refractivity contribution >= 4 is 16.8 Å². The summed E-state index contributed by atoms with van der Waals surface area (Å²) in [7, 11) is 4.60. The molecular formula is C18H19N3O4. The number of H-pyrrole nitrogens is 1. The largest absolute Gasteiger partial charge is 0.493 e. The maximum absolute atomic E-state index is 12.6. The van der Waals surface area contributed by atoms with Crippen LogP contribution in [0.3, 0.4) is 0 Å². The molecule has 7 nitrogen and oxygen atoms in total. The van der Waals surface area contributed by atoms with Crippen molar-refractivity contribution in [3.05, 3.63) is 47.9 Å². The molecule has 0 radical (unpaired) electrons. The number of hydrogen-bond acceptors (Lipinski definition) is 5. The zero-order valence-electron chi connectivity index (χ0n) is 14.3. The molecule has 1 aromatic carbocycles. The van der Waals surface area contributed by atoms with Gasteiger partial charge in [-0.2, -0.15) is 0 Å². The van der Waals surface area contributed by atoms with E-state index in [1.54, 1.807) is 25.6 Å². The van der Waals surface area contributed by atoms with Crippen molar-refractivity contribution in [3.8, 4) is 17.2 Å². The van der Waals surface area contributed by atoms with Gasteiger partial charge in [0.25, 0.3) is 5.91 Å². The molecule has 0 fully saturated rings. The quantitative estimate of drug-likeness (QED) is 0.719. The number of fused-ring (bicyclic) bond motifs is 1. The van der Waals surface area contributed by atoms with Crippen molar-refractivity contribution in [3.63, 3.8) is 0 Å². The molecule has 7 heteroatoms. The highest BCUT2D eigenvalue weighted by Gasteiger charge is 2.22. The van der Waals surface area contributed by atoms with E-state index in [0.717, 1.165) is 11.2 Å². The molecule has 0 aliphatic heterocycles. The van der Waals surface area contributed by atoms with E-state index in [4.69, 9.17) is 14.2 Å². The summed E-state index contributed by atoms with van der Waals surface area (Å²) in [4.78, 5) is 19.9. The number of carbonyl (C=O) groups is 1. The van der Waals surface area contributed by atoms with Gasteiger partial charge in [-0.05, 0) is 12.1 Å². The second-order valence-corrected chi connectivity index (χ2v) is 5.27. The molecule has 2 N–H and O–H groups in total. The van der Waals surface area contributed by atoms with Crippen molar-refractivity contribution < 1.29 is 19.0 Å². The highest BCUT2D eigenvalue weighted by atomic mass is 16.5. The SMILES string of the molecule is COc1cc2[nH]cc(C(=O)NCc3ccccn3)c2c(OC)c1OC. The fraction of sp³-hybridized carbons (Fsp3) is 0.222. The summed E-state index contributed by atoms with van der Waals surface area (Å²) in [5.74, 6) is 1.17. The van der Waals surface area contributed by atoms with E-state index < -0.39 is 0 Å². The summed E-state index contributed by atoms with van der Waals surface area (Å²) in [6.45, 7) is 0.335. The third-order valence-electron chi connectivity index (χ3n) is 3.87. The average molecular weight is 341 g/mol. The molecule has 0 aliphatic rings. The number of methoxy groups -OCH3 is 3.